The van der Waals surface area contributed by atoms with Gasteiger partial charge in [0.15, 0.2) is 0 Å². The SMILES string of the molecule is COC(=O)c1ccc(C(=O)NCC(C)(C)C[C@H](C)O)cn1. The molecule has 1 amide bonds. The van der Waals surface area contributed by atoms with Crippen molar-refractivity contribution in [3.05, 3.63) is 29.6 Å². The molecule has 1 heterocycles. The molecule has 1 aromatic heterocycles. The van der Waals surface area contributed by atoms with Crippen LogP contribution < -0.4 is 5.32 Å². The van der Waals surface area contributed by atoms with Crippen LogP contribution in [0.3, 0.4) is 0 Å². The van der Waals surface area contributed by atoms with Gasteiger partial charge in [-0.15, -0.1) is 0 Å². The van der Waals surface area contributed by atoms with E-state index in [9.17, 15) is 14.7 Å². The summed E-state index contributed by atoms with van der Waals surface area (Å²) in [5.41, 5.74) is 0.322. The third kappa shape index (κ3) is 5.51. The number of hydrogen-bond donors (Lipinski definition) is 2. The molecule has 0 aromatic carbocycles. The quantitative estimate of drug-likeness (QED) is 0.774. The molecule has 1 aromatic rings. The van der Waals surface area contributed by atoms with Crippen molar-refractivity contribution in [2.75, 3.05) is 13.7 Å². The fourth-order valence-electron chi connectivity index (χ4n) is 2.05. The summed E-state index contributed by atoms with van der Waals surface area (Å²) in [5.74, 6) is -0.808. The molecule has 1 atom stereocenters. The van der Waals surface area contributed by atoms with Crippen LogP contribution in [0.5, 0.6) is 0 Å². The molecule has 0 fully saturated rings. The third-order valence-electron chi connectivity index (χ3n) is 3.00. The minimum absolute atomic E-state index is 0.156. The van der Waals surface area contributed by atoms with Crippen molar-refractivity contribution in [3.8, 4) is 0 Å². The average molecular weight is 294 g/mol. The Balaban J connectivity index is 2.62. The number of hydrogen-bond acceptors (Lipinski definition) is 5. The number of amides is 1. The van der Waals surface area contributed by atoms with Crippen molar-refractivity contribution in [1.82, 2.24) is 10.3 Å². The van der Waals surface area contributed by atoms with Crippen LogP contribution >= 0.6 is 0 Å². The molecule has 2 N–H and O–H groups in total. The van der Waals surface area contributed by atoms with E-state index in [4.69, 9.17) is 0 Å². The first-order chi connectivity index (χ1) is 9.75. The van der Waals surface area contributed by atoms with E-state index in [0.29, 0.717) is 18.5 Å². The van der Waals surface area contributed by atoms with Gasteiger partial charge in [-0.05, 0) is 30.9 Å². The lowest BCUT2D eigenvalue weighted by Crippen LogP contribution is -2.35. The molecule has 6 heteroatoms. The van der Waals surface area contributed by atoms with Gasteiger partial charge in [-0.1, -0.05) is 13.8 Å². The predicted molar refractivity (Wildman–Crippen MR) is 78.0 cm³/mol. The van der Waals surface area contributed by atoms with Crippen molar-refractivity contribution >= 4 is 11.9 Å². The van der Waals surface area contributed by atoms with Crippen LogP contribution in [0.25, 0.3) is 0 Å². The maximum Gasteiger partial charge on any atom is 0.356 e. The first kappa shape index (κ1) is 17.1. The number of aromatic nitrogens is 1. The number of carbonyl (C=O) groups excluding carboxylic acids is 2. The van der Waals surface area contributed by atoms with Gasteiger partial charge in [-0.25, -0.2) is 9.78 Å². The Kier molecular flexibility index (Phi) is 5.84. The van der Waals surface area contributed by atoms with Gasteiger partial charge in [0, 0.05) is 12.7 Å². The van der Waals surface area contributed by atoms with Gasteiger partial charge < -0.3 is 15.2 Å². The second-order valence-corrected chi connectivity index (χ2v) is 5.82. The van der Waals surface area contributed by atoms with E-state index in [1.165, 1.54) is 25.4 Å². The standard InChI is InChI=1S/C15H22N2O4/c1-10(18)7-15(2,3)9-17-13(19)11-5-6-12(16-8-11)14(20)21-4/h5-6,8,10,18H,7,9H2,1-4H3,(H,17,19)/t10-/m0/s1. The summed E-state index contributed by atoms with van der Waals surface area (Å²) in [4.78, 5) is 27.1. The molecule has 0 aliphatic carbocycles. The van der Waals surface area contributed by atoms with Crippen LogP contribution in [0, 0.1) is 5.41 Å². The number of carbonyl (C=O) groups is 2. The van der Waals surface area contributed by atoms with Gasteiger partial charge in [0.25, 0.3) is 5.91 Å². The Bertz CT molecular complexity index is 495. The maximum atomic E-state index is 12.0. The molecule has 0 spiro atoms. The Morgan fingerprint density at radius 3 is 2.57 bits per heavy atom. The first-order valence-corrected chi connectivity index (χ1v) is 6.76. The van der Waals surface area contributed by atoms with Crippen molar-refractivity contribution in [3.63, 3.8) is 0 Å². The Morgan fingerprint density at radius 2 is 2.10 bits per heavy atom. The van der Waals surface area contributed by atoms with Crippen LogP contribution in [0.2, 0.25) is 0 Å². The second-order valence-electron chi connectivity index (χ2n) is 5.82. The highest BCUT2D eigenvalue weighted by atomic mass is 16.5. The lowest BCUT2D eigenvalue weighted by Gasteiger charge is -2.26. The highest BCUT2D eigenvalue weighted by Crippen LogP contribution is 2.21. The van der Waals surface area contributed by atoms with Gasteiger partial charge in [0.1, 0.15) is 5.69 Å². The van der Waals surface area contributed by atoms with E-state index < -0.39 is 12.1 Å². The zero-order chi connectivity index (χ0) is 16.0. The average Bonchev–Trinajstić information content (AvgIpc) is 2.43. The lowest BCUT2D eigenvalue weighted by molar-refractivity contribution is 0.0593. The summed E-state index contributed by atoms with van der Waals surface area (Å²) in [6.45, 7) is 6.10. The first-order valence-electron chi connectivity index (χ1n) is 6.76. The number of rotatable bonds is 6. The zero-order valence-electron chi connectivity index (χ0n) is 12.8. The van der Waals surface area contributed by atoms with Crippen LogP contribution in [-0.2, 0) is 4.74 Å². The number of methoxy groups -OCH3 is 1. The third-order valence-corrected chi connectivity index (χ3v) is 3.00. The predicted octanol–water partition coefficient (Wildman–Crippen LogP) is 1.40. The fraction of sp³-hybridized carbons (Fsp3) is 0.533. The molecule has 0 saturated carbocycles. The molecule has 0 unspecified atom stereocenters. The van der Waals surface area contributed by atoms with E-state index in [0.717, 1.165) is 0 Å². The summed E-state index contributed by atoms with van der Waals surface area (Å²) >= 11 is 0. The van der Waals surface area contributed by atoms with E-state index in [-0.39, 0.29) is 17.0 Å². The van der Waals surface area contributed by atoms with Crippen LogP contribution in [0.1, 0.15) is 48.0 Å². The van der Waals surface area contributed by atoms with Crippen molar-refractivity contribution in [2.45, 2.75) is 33.3 Å². The molecule has 1 rings (SSSR count). The zero-order valence-corrected chi connectivity index (χ0v) is 12.8. The number of esters is 1. The summed E-state index contributed by atoms with van der Waals surface area (Å²) in [6.07, 6.45) is 1.51. The van der Waals surface area contributed by atoms with Crippen LogP contribution in [-0.4, -0.2) is 41.7 Å². The largest absolute Gasteiger partial charge is 0.464 e. The monoisotopic (exact) mass is 294 g/mol. The minimum atomic E-state index is -0.542. The van der Waals surface area contributed by atoms with E-state index in [1.807, 2.05) is 13.8 Å². The molecule has 116 valence electrons. The van der Waals surface area contributed by atoms with Gasteiger partial charge in [-0.2, -0.15) is 0 Å². The number of nitrogens with one attached hydrogen (secondary N) is 1. The topological polar surface area (TPSA) is 88.5 Å². The number of aliphatic hydroxyl groups is 1. The van der Waals surface area contributed by atoms with Gasteiger partial charge in [-0.3, -0.25) is 4.79 Å². The van der Waals surface area contributed by atoms with Crippen molar-refractivity contribution in [1.29, 1.82) is 0 Å². The molecule has 0 saturated heterocycles. The highest BCUT2D eigenvalue weighted by molar-refractivity contribution is 5.95. The molecule has 0 aliphatic heterocycles. The number of ether oxygens (including phenoxy) is 1. The van der Waals surface area contributed by atoms with E-state index >= 15 is 0 Å². The summed E-state index contributed by atoms with van der Waals surface area (Å²) in [7, 11) is 1.27. The van der Waals surface area contributed by atoms with Crippen LogP contribution in [0.15, 0.2) is 18.3 Å². The van der Waals surface area contributed by atoms with E-state index in [2.05, 4.69) is 15.0 Å². The summed E-state index contributed by atoms with van der Waals surface area (Å²) < 4.78 is 4.54. The molecular formula is C15H22N2O4. The normalized spacial score (nSPS) is 12.6. The Hall–Kier alpha value is -1.95. The Morgan fingerprint density at radius 1 is 1.43 bits per heavy atom. The number of aliphatic hydroxyl groups excluding tert-OH is 1. The van der Waals surface area contributed by atoms with Gasteiger partial charge >= 0.3 is 5.97 Å². The van der Waals surface area contributed by atoms with Gasteiger partial charge in [0.05, 0.1) is 18.8 Å². The maximum absolute atomic E-state index is 12.0. The lowest BCUT2D eigenvalue weighted by atomic mass is 9.87. The number of nitrogens with zero attached hydrogens (tertiary/aromatic N) is 1. The fourth-order valence-corrected chi connectivity index (χ4v) is 2.05. The molecular weight excluding hydrogens is 272 g/mol. The summed E-state index contributed by atoms with van der Waals surface area (Å²) in [5, 5.41) is 12.2. The molecule has 0 bridgehead atoms. The van der Waals surface area contributed by atoms with Crippen molar-refractivity contribution in [2.24, 2.45) is 5.41 Å². The molecule has 21 heavy (non-hydrogen) atoms. The molecule has 0 aliphatic rings. The smallest absolute Gasteiger partial charge is 0.356 e. The minimum Gasteiger partial charge on any atom is -0.464 e. The van der Waals surface area contributed by atoms with E-state index in [1.54, 1.807) is 6.92 Å². The molecule has 0 radical (unpaired) electrons. The Labute approximate surface area is 124 Å². The summed E-state index contributed by atoms with van der Waals surface area (Å²) in [6, 6.07) is 2.97. The number of pyridine rings is 1. The highest BCUT2D eigenvalue weighted by Gasteiger charge is 2.21. The van der Waals surface area contributed by atoms with Gasteiger partial charge in [0.2, 0.25) is 0 Å². The second kappa shape index (κ2) is 7.17. The van der Waals surface area contributed by atoms with Crippen LogP contribution in [0.4, 0.5) is 0 Å². The van der Waals surface area contributed by atoms with Crippen molar-refractivity contribution < 1.29 is 19.4 Å². The molecule has 6 nitrogen and oxygen atoms in total.